The molecule has 3 fully saturated rings. The van der Waals surface area contributed by atoms with Crippen LogP contribution < -0.4 is 25.9 Å². The van der Waals surface area contributed by atoms with Crippen molar-refractivity contribution in [1.82, 2.24) is 24.6 Å². The predicted molar refractivity (Wildman–Crippen MR) is 258 cm³/mol. The molecule has 2 aromatic carbocycles. The van der Waals surface area contributed by atoms with Crippen molar-refractivity contribution in [1.29, 1.82) is 0 Å². The Bertz CT molecular complexity index is 2610. The number of nitrogens with zero attached hydrogens (tertiary/aromatic N) is 3. The standard InChI is InChI=1S/C17H18N2O2S.C14H16N4O3.C10H15NO3S.C7H14/c1-9(2)13-8-22-17(19-13)12-7-14(20)11-5-6-15(21-4)10(3)16(11)18-12;15-13(20)10-5-3-7-18(10)12(19)8-16-14-17-9-4-1-2-6-11(9)21-14;1-3-7-6-8(7)9(12)11-15(13,14)10(2)4-5-10;1-3-5-7-6-4-2/h5-9H,1-4H3,(H,18,20);1-2,4,6,10H,3,5,7-8H2,(H2,15,20)(H,16,17);3,7-8H,1,4-6H2,2H3,(H,11,12);3H,1,4-7H2,2H3. The molecular formula is C48H63N7O8S2. The fourth-order valence-electron chi connectivity index (χ4n) is 7.10. The number of oxazole rings is 1. The number of pyridine rings is 1. The molecule has 1 aliphatic heterocycles. The molecule has 5 aromatic rings. The van der Waals surface area contributed by atoms with E-state index in [9.17, 15) is 27.6 Å². The van der Waals surface area contributed by atoms with Gasteiger partial charge in [0.15, 0.2) is 11.0 Å². The quantitative estimate of drug-likeness (QED) is 0.0577. The lowest BCUT2D eigenvalue weighted by Gasteiger charge is -2.21. The van der Waals surface area contributed by atoms with Crippen LogP contribution in [0.4, 0.5) is 6.01 Å². The number of rotatable bonds is 15. The minimum absolute atomic E-state index is 0.00389. The van der Waals surface area contributed by atoms with E-state index in [0.29, 0.717) is 48.7 Å². The van der Waals surface area contributed by atoms with Crippen LogP contribution in [0.3, 0.4) is 0 Å². The van der Waals surface area contributed by atoms with Gasteiger partial charge in [-0.3, -0.25) is 23.9 Å². The molecule has 0 bridgehead atoms. The topological polar surface area (TPSA) is 220 Å². The van der Waals surface area contributed by atoms with Gasteiger partial charge < -0.3 is 30.1 Å². The summed E-state index contributed by atoms with van der Waals surface area (Å²) in [5.74, 6) is 0.113. The first-order chi connectivity index (χ1) is 31.0. The summed E-state index contributed by atoms with van der Waals surface area (Å²) < 4.78 is 35.7. The van der Waals surface area contributed by atoms with E-state index >= 15 is 0 Å². The summed E-state index contributed by atoms with van der Waals surface area (Å²) in [6.45, 7) is 17.8. The average Bonchev–Trinajstić information content (AvgIpc) is 3.99. The van der Waals surface area contributed by atoms with E-state index in [2.05, 4.69) is 58.9 Å². The van der Waals surface area contributed by atoms with Crippen LogP contribution in [0.25, 0.3) is 32.7 Å². The largest absolute Gasteiger partial charge is 0.496 e. The maximum atomic E-state index is 12.4. The lowest BCUT2D eigenvalue weighted by atomic mass is 10.1. The number of sulfonamides is 1. The molecule has 17 heteroatoms. The van der Waals surface area contributed by atoms with E-state index < -0.39 is 26.7 Å². The van der Waals surface area contributed by atoms with Crippen molar-refractivity contribution in [2.24, 2.45) is 17.6 Å². The van der Waals surface area contributed by atoms with E-state index in [0.717, 1.165) is 51.6 Å². The molecule has 3 aliphatic rings. The third-order valence-corrected chi connectivity index (χ3v) is 14.8. The summed E-state index contributed by atoms with van der Waals surface area (Å²) in [6, 6.07) is 12.4. The van der Waals surface area contributed by atoms with E-state index in [4.69, 9.17) is 14.9 Å². The molecule has 8 rings (SSSR count). The SMILES string of the molecule is C=CC1CC1C(=O)NS(=O)(=O)C1(C)CC1.C=CCCCCC.COc1ccc2c(=O)cc(-c3nc(C(C)C)cs3)[nH]c2c1C.NC(=O)C1CCCN1C(=O)CNc1nc2ccccc2o1. The number of amides is 3. The number of para-hydroxylation sites is 2. The number of unbranched alkanes of at least 4 members (excludes halogenated alkanes) is 3. The number of likely N-dealkylation sites (tertiary alicyclic amines) is 1. The van der Waals surface area contributed by atoms with Crippen molar-refractivity contribution in [2.75, 3.05) is 25.5 Å². The van der Waals surface area contributed by atoms with Gasteiger partial charge in [0.2, 0.25) is 27.7 Å². The Labute approximate surface area is 385 Å². The first-order valence-electron chi connectivity index (χ1n) is 22.1. The molecule has 3 aromatic heterocycles. The van der Waals surface area contributed by atoms with Crippen LogP contribution >= 0.6 is 11.3 Å². The van der Waals surface area contributed by atoms with E-state index in [1.54, 1.807) is 49.6 Å². The number of H-pyrrole nitrogens is 1. The Balaban J connectivity index is 0.000000173. The van der Waals surface area contributed by atoms with Crippen molar-refractivity contribution in [3.63, 3.8) is 0 Å². The van der Waals surface area contributed by atoms with Crippen LogP contribution in [-0.2, 0) is 24.4 Å². The van der Waals surface area contributed by atoms with Gasteiger partial charge in [0.1, 0.15) is 22.3 Å². The Morgan fingerprint density at radius 1 is 1.14 bits per heavy atom. The van der Waals surface area contributed by atoms with Crippen molar-refractivity contribution >= 4 is 67.1 Å². The zero-order valence-electron chi connectivity index (χ0n) is 38.3. The van der Waals surface area contributed by atoms with Crippen LogP contribution in [0.1, 0.15) is 103 Å². The lowest BCUT2D eigenvalue weighted by Crippen LogP contribution is -2.45. The number of carbonyl (C=O) groups is 3. The van der Waals surface area contributed by atoms with E-state index in [1.807, 2.05) is 42.6 Å². The number of carbonyl (C=O) groups excluding carboxylic acids is 3. The lowest BCUT2D eigenvalue weighted by molar-refractivity contribution is -0.135. The highest BCUT2D eigenvalue weighted by molar-refractivity contribution is 7.91. The summed E-state index contributed by atoms with van der Waals surface area (Å²) in [6.07, 6.45) is 12.3. The molecule has 2 aliphatic carbocycles. The summed E-state index contributed by atoms with van der Waals surface area (Å²) in [7, 11) is -1.83. The summed E-state index contributed by atoms with van der Waals surface area (Å²) in [5, 5.41) is 6.40. The third kappa shape index (κ3) is 12.9. The summed E-state index contributed by atoms with van der Waals surface area (Å²) in [5.41, 5.74) is 10.2. The number of primary amides is 1. The Hall–Kier alpha value is -5.81. The van der Waals surface area contributed by atoms with Crippen molar-refractivity contribution in [3.05, 3.63) is 94.6 Å². The van der Waals surface area contributed by atoms with Gasteiger partial charge in [-0.1, -0.05) is 57.9 Å². The molecule has 0 spiro atoms. The molecule has 1 saturated heterocycles. The summed E-state index contributed by atoms with van der Waals surface area (Å²) in [4.78, 5) is 61.0. The van der Waals surface area contributed by atoms with Crippen molar-refractivity contribution in [2.45, 2.75) is 109 Å². The Morgan fingerprint density at radius 3 is 2.48 bits per heavy atom. The fourth-order valence-corrected chi connectivity index (χ4v) is 9.36. The van der Waals surface area contributed by atoms with Gasteiger partial charge in [-0.15, -0.1) is 24.5 Å². The number of methoxy groups -OCH3 is 1. The maximum absolute atomic E-state index is 12.4. The molecular weight excluding hydrogens is 867 g/mol. The van der Waals surface area contributed by atoms with Crippen molar-refractivity contribution in [3.8, 4) is 16.5 Å². The zero-order valence-corrected chi connectivity index (χ0v) is 39.9. The van der Waals surface area contributed by atoms with Gasteiger partial charge in [0.05, 0.1) is 35.3 Å². The minimum Gasteiger partial charge on any atom is -0.496 e. The number of fused-ring (bicyclic) bond motifs is 2. The predicted octanol–water partition coefficient (Wildman–Crippen LogP) is 8.37. The maximum Gasteiger partial charge on any atom is 0.296 e. The number of benzene rings is 2. The van der Waals surface area contributed by atoms with Crippen LogP contribution in [0.5, 0.6) is 5.75 Å². The number of nitrogens with one attached hydrogen (secondary N) is 3. The van der Waals surface area contributed by atoms with Gasteiger partial charge >= 0.3 is 0 Å². The van der Waals surface area contributed by atoms with E-state index in [1.165, 1.54) is 30.6 Å². The van der Waals surface area contributed by atoms with Crippen LogP contribution in [0.15, 0.2) is 82.4 Å². The molecule has 4 heterocycles. The number of ether oxygens (including phenoxy) is 1. The van der Waals surface area contributed by atoms with Gasteiger partial charge in [-0.25, -0.2) is 13.4 Å². The molecule has 3 amide bonds. The number of thiazole rings is 1. The number of allylic oxidation sites excluding steroid dienone is 2. The highest BCUT2D eigenvalue weighted by atomic mass is 32.2. The fraction of sp³-hybridized carbons (Fsp3) is 0.458. The van der Waals surface area contributed by atoms with Crippen molar-refractivity contribution < 1.29 is 32.0 Å². The third-order valence-electron chi connectivity index (χ3n) is 11.7. The number of aryl methyl sites for hydroxylation is 1. The average molecular weight is 930 g/mol. The van der Waals surface area contributed by atoms with Gasteiger partial charge in [-0.05, 0) is 94.9 Å². The van der Waals surface area contributed by atoms with E-state index in [-0.39, 0.29) is 35.6 Å². The number of aromatic nitrogens is 3. The van der Waals surface area contributed by atoms with Crippen LogP contribution in [0, 0.1) is 18.8 Å². The Kier molecular flexibility index (Phi) is 17.3. The summed E-state index contributed by atoms with van der Waals surface area (Å²) >= 11 is 1.55. The normalized spacial score (nSPS) is 18.0. The molecule has 3 unspecified atom stereocenters. The smallest absolute Gasteiger partial charge is 0.296 e. The highest BCUT2D eigenvalue weighted by Crippen LogP contribution is 2.44. The molecule has 15 nitrogen and oxygen atoms in total. The molecule has 0 radical (unpaired) electrons. The second kappa shape index (κ2) is 22.4. The molecule has 3 atom stereocenters. The minimum atomic E-state index is -3.46. The zero-order chi connectivity index (χ0) is 47.5. The highest BCUT2D eigenvalue weighted by Gasteiger charge is 2.52. The Morgan fingerprint density at radius 2 is 1.88 bits per heavy atom. The second-order valence-electron chi connectivity index (χ2n) is 17.0. The monoisotopic (exact) mass is 929 g/mol. The van der Waals surface area contributed by atoms with Crippen LogP contribution in [-0.4, -0.2) is 77.0 Å². The number of nitrogens with two attached hydrogens (primary N) is 1. The van der Waals surface area contributed by atoms with Gasteiger partial charge in [0.25, 0.3) is 6.01 Å². The molecule has 2 saturated carbocycles. The number of anilines is 1. The second-order valence-corrected chi connectivity index (χ2v) is 20.1. The molecule has 5 N–H and O–H groups in total. The number of hydrogen-bond acceptors (Lipinski definition) is 12. The van der Waals surface area contributed by atoms with Crippen LogP contribution in [0.2, 0.25) is 0 Å². The molecule has 65 heavy (non-hydrogen) atoms. The first kappa shape index (κ1) is 50.2. The first-order valence-corrected chi connectivity index (χ1v) is 24.5. The number of aromatic amines is 1. The molecule has 350 valence electrons. The van der Waals surface area contributed by atoms with Gasteiger partial charge in [0, 0.05) is 34.9 Å². The van der Waals surface area contributed by atoms with Gasteiger partial charge in [-0.2, -0.15) is 4.98 Å². The number of hydrogen-bond donors (Lipinski definition) is 4.